The number of benzene rings is 2. The molecule has 0 fully saturated rings. The van der Waals surface area contributed by atoms with Crippen LogP contribution < -0.4 is 28.5 Å². The van der Waals surface area contributed by atoms with Gasteiger partial charge in [0.15, 0.2) is 0 Å². The van der Waals surface area contributed by atoms with Crippen LogP contribution in [0.15, 0.2) is 60.7 Å². The maximum absolute atomic E-state index is 2.22. The SMILES string of the molecule is Cc1ccc(/C=C/c2ccc3ccccc3[n+]2C)cc1.[I-]. The highest BCUT2D eigenvalue weighted by atomic mass is 127. The van der Waals surface area contributed by atoms with Crippen molar-refractivity contribution in [1.82, 2.24) is 0 Å². The Balaban J connectivity index is 0.00000161. The molecule has 0 radical (unpaired) electrons. The summed E-state index contributed by atoms with van der Waals surface area (Å²) in [4.78, 5) is 0. The number of nitrogens with zero attached hydrogens (tertiary/aromatic N) is 1. The second-order valence-electron chi connectivity index (χ2n) is 5.12. The molecule has 0 bridgehead atoms. The molecule has 0 saturated carbocycles. The van der Waals surface area contributed by atoms with E-state index in [4.69, 9.17) is 0 Å². The van der Waals surface area contributed by atoms with Crippen LogP contribution in [0.2, 0.25) is 0 Å². The average molecular weight is 387 g/mol. The highest BCUT2D eigenvalue weighted by Crippen LogP contribution is 2.12. The van der Waals surface area contributed by atoms with Crippen LogP contribution in [-0.4, -0.2) is 0 Å². The molecule has 3 rings (SSSR count). The minimum atomic E-state index is 0. The number of para-hydroxylation sites is 1. The predicted molar refractivity (Wildman–Crippen MR) is 85.2 cm³/mol. The highest BCUT2D eigenvalue weighted by Gasteiger charge is 2.07. The summed E-state index contributed by atoms with van der Waals surface area (Å²) >= 11 is 0. The van der Waals surface area contributed by atoms with Crippen LogP contribution in [0.4, 0.5) is 0 Å². The van der Waals surface area contributed by atoms with Crippen LogP contribution in [-0.2, 0) is 7.05 Å². The average Bonchev–Trinajstić information content (AvgIpc) is 2.49. The van der Waals surface area contributed by atoms with E-state index in [9.17, 15) is 0 Å². The first kappa shape index (κ1) is 15.7. The van der Waals surface area contributed by atoms with Crippen LogP contribution in [0.5, 0.6) is 0 Å². The number of fused-ring (bicyclic) bond motifs is 1. The van der Waals surface area contributed by atoms with Gasteiger partial charge in [-0.3, -0.25) is 0 Å². The summed E-state index contributed by atoms with van der Waals surface area (Å²) in [7, 11) is 2.11. The Morgan fingerprint density at radius 3 is 2.29 bits per heavy atom. The number of hydrogen-bond donors (Lipinski definition) is 0. The lowest BCUT2D eigenvalue weighted by atomic mass is 10.1. The van der Waals surface area contributed by atoms with Crippen LogP contribution in [0.3, 0.4) is 0 Å². The molecular formula is C19H18IN. The number of hydrogen-bond acceptors (Lipinski definition) is 0. The van der Waals surface area contributed by atoms with Gasteiger partial charge in [0.1, 0.15) is 7.05 Å². The van der Waals surface area contributed by atoms with Crippen molar-refractivity contribution in [2.24, 2.45) is 7.05 Å². The summed E-state index contributed by atoms with van der Waals surface area (Å²) < 4.78 is 2.22. The normalized spacial score (nSPS) is 10.8. The van der Waals surface area contributed by atoms with Gasteiger partial charge in [-0.05, 0) is 30.7 Å². The molecule has 2 aromatic carbocycles. The van der Waals surface area contributed by atoms with Crippen molar-refractivity contribution in [3.63, 3.8) is 0 Å². The van der Waals surface area contributed by atoms with Crippen molar-refractivity contribution >= 4 is 23.1 Å². The van der Waals surface area contributed by atoms with Gasteiger partial charge in [-0.2, -0.15) is 4.57 Å². The topological polar surface area (TPSA) is 3.88 Å². The molecule has 1 aromatic heterocycles. The zero-order valence-corrected chi connectivity index (χ0v) is 14.4. The molecule has 21 heavy (non-hydrogen) atoms. The Morgan fingerprint density at radius 2 is 1.52 bits per heavy atom. The first-order chi connectivity index (χ1) is 9.74. The Morgan fingerprint density at radius 1 is 0.810 bits per heavy atom. The molecule has 1 nitrogen and oxygen atoms in total. The second kappa shape index (κ2) is 6.85. The minimum absolute atomic E-state index is 0. The van der Waals surface area contributed by atoms with Crippen molar-refractivity contribution in [3.8, 4) is 0 Å². The fourth-order valence-electron chi connectivity index (χ4n) is 2.39. The lowest BCUT2D eigenvalue weighted by Crippen LogP contribution is -3.00. The summed E-state index contributed by atoms with van der Waals surface area (Å²) in [6.07, 6.45) is 4.32. The lowest BCUT2D eigenvalue weighted by Gasteiger charge is -2.00. The van der Waals surface area contributed by atoms with Gasteiger partial charge in [-0.15, -0.1) is 0 Å². The Labute approximate surface area is 143 Å². The molecule has 0 N–H and O–H groups in total. The van der Waals surface area contributed by atoms with Gasteiger partial charge >= 0.3 is 0 Å². The minimum Gasteiger partial charge on any atom is -1.00 e. The van der Waals surface area contributed by atoms with E-state index in [2.05, 4.69) is 91.4 Å². The maximum atomic E-state index is 2.22. The van der Waals surface area contributed by atoms with Crippen LogP contribution in [0, 0.1) is 6.92 Å². The summed E-state index contributed by atoms with van der Waals surface area (Å²) in [5.74, 6) is 0. The summed E-state index contributed by atoms with van der Waals surface area (Å²) in [5.41, 5.74) is 4.96. The van der Waals surface area contributed by atoms with Gasteiger partial charge in [-0.25, -0.2) is 0 Å². The van der Waals surface area contributed by atoms with E-state index in [1.165, 1.54) is 27.7 Å². The molecule has 0 aliphatic carbocycles. The quantitative estimate of drug-likeness (QED) is 0.459. The van der Waals surface area contributed by atoms with E-state index < -0.39 is 0 Å². The van der Waals surface area contributed by atoms with Gasteiger partial charge in [0.2, 0.25) is 11.2 Å². The van der Waals surface area contributed by atoms with Crippen LogP contribution in [0.1, 0.15) is 16.8 Å². The molecule has 0 atom stereocenters. The third-order valence-electron chi connectivity index (χ3n) is 3.64. The standard InChI is InChI=1S/C19H18N.HI/c1-15-7-9-16(10-8-15)11-13-18-14-12-17-5-3-4-6-19(17)20(18)2;/h3-14H,1-2H3;1H/q+1;/p-1/b13-11+;. The van der Waals surface area contributed by atoms with Crippen molar-refractivity contribution in [2.45, 2.75) is 6.92 Å². The third kappa shape index (κ3) is 3.50. The summed E-state index contributed by atoms with van der Waals surface area (Å²) in [6.45, 7) is 2.11. The van der Waals surface area contributed by atoms with Gasteiger partial charge in [0, 0.05) is 23.6 Å². The van der Waals surface area contributed by atoms with Crippen LogP contribution in [0.25, 0.3) is 23.1 Å². The van der Waals surface area contributed by atoms with E-state index in [1.54, 1.807) is 0 Å². The first-order valence-electron chi connectivity index (χ1n) is 6.86. The molecular weight excluding hydrogens is 369 g/mol. The Hall–Kier alpha value is -1.68. The van der Waals surface area contributed by atoms with Crippen molar-refractivity contribution in [1.29, 1.82) is 0 Å². The monoisotopic (exact) mass is 387 g/mol. The van der Waals surface area contributed by atoms with Crippen molar-refractivity contribution in [3.05, 3.63) is 77.5 Å². The first-order valence-corrected chi connectivity index (χ1v) is 6.86. The van der Waals surface area contributed by atoms with E-state index in [0.717, 1.165) is 0 Å². The zero-order valence-electron chi connectivity index (χ0n) is 12.3. The molecule has 0 aliphatic rings. The van der Waals surface area contributed by atoms with E-state index >= 15 is 0 Å². The Bertz CT molecular complexity index is 773. The molecule has 106 valence electrons. The molecule has 0 spiro atoms. The molecule has 0 aliphatic heterocycles. The number of rotatable bonds is 2. The zero-order chi connectivity index (χ0) is 13.9. The van der Waals surface area contributed by atoms with Gasteiger partial charge < -0.3 is 24.0 Å². The van der Waals surface area contributed by atoms with Crippen molar-refractivity contribution in [2.75, 3.05) is 0 Å². The second-order valence-corrected chi connectivity index (χ2v) is 5.12. The van der Waals surface area contributed by atoms with E-state index in [1.807, 2.05) is 0 Å². The maximum Gasteiger partial charge on any atom is 0.212 e. The number of aromatic nitrogens is 1. The highest BCUT2D eigenvalue weighted by molar-refractivity contribution is 5.77. The number of pyridine rings is 1. The third-order valence-corrected chi connectivity index (χ3v) is 3.64. The number of aryl methyl sites for hydroxylation is 2. The molecule has 0 unspecified atom stereocenters. The number of halogens is 1. The van der Waals surface area contributed by atoms with Crippen molar-refractivity contribution < 1.29 is 28.5 Å². The molecule has 0 amide bonds. The van der Waals surface area contributed by atoms with Crippen LogP contribution >= 0.6 is 0 Å². The summed E-state index contributed by atoms with van der Waals surface area (Å²) in [5, 5.41) is 1.27. The fraction of sp³-hybridized carbons (Fsp3) is 0.105. The fourth-order valence-corrected chi connectivity index (χ4v) is 2.39. The van der Waals surface area contributed by atoms with Gasteiger partial charge in [0.05, 0.1) is 0 Å². The Kier molecular flexibility index (Phi) is 5.12. The van der Waals surface area contributed by atoms with Gasteiger partial charge in [0.25, 0.3) is 0 Å². The smallest absolute Gasteiger partial charge is 0.212 e. The van der Waals surface area contributed by atoms with E-state index in [0.29, 0.717) is 0 Å². The lowest BCUT2D eigenvalue weighted by molar-refractivity contribution is -0.646. The summed E-state index contributed by atoms with van der Waals surface area (Å²) in [6, 6.07) is 21.3. The molecule has 3 aromatic rings. The van der Waals surface area contributed by atoms with Gasteiger partial charge in [-0.1, -0.05) is 42.0 Å². The predicted octanol–water partition coefficient (Wildman–Crippen LogP) is 1.15. The molecule has 2 heteroatoms. The largest absolute Gasteiger partial charge is 1.00 e. The molecule has 1 heterocycles. The van der Waals surface area contributed by atoms with E-state index in [-0.39, 0.29) is 24.0 Å². The molecule has 0 saturated heterocycles.